The van der Waals surface area contributed by atoms with Crippen molar-refractivity contribution in [1.29, 1.82) is 0 Å². The molecule has 2 aromatic carbocycles. The van der Waals surface area contributed by atoms with E-state index in [1.165, 1.54) is 12.0 Å². The molecule has 1 aliphatic heterocycles. The Hall–Kier alpha value is -3.15. The van der Waals surface area contributed by atoms with Gasteiger partial charge in [0.15, 0.2) is 6.10 Å². The summed E-state index contributed by atoms with van der Waals surface area (Å²) in [5, 5.41) is 0. The predicted octanol–water partition coefficient (Wildman–Crippen LogP) is 2.19. The molecule has 0 aliphatic carbocycles. The molecule has 1 fully saturated rings. The van der Waals surface area contributed by atoms with Crippen LogP contribution in [0.1, 0.15) is 22.3 Å². The van der Waals surface area contributed by atoms with Gasteiger partial charge in [-0.1, -0.05) is 48.5 Å². The van der Waals surface area contributed by atoms with Gasteiger partial charge in [-0.05, 0) is 17.7 Å². The van der Waals surface area contributed by atoms with Gasteiger partial charge in [0.1, 0.15) is 6.04 Å². The van der Waals surface area contributed by atoms with E-state index in [1.54, 1.807) is 30.3 Å². The number of benzene rings is 2. The number of hydrogen-bond acceptors (Lipinski definition) is 5. The van der Waals surface area contributed by atoms with Crippen molar-refractivity contribution in [2.24, 2.45) is 0 Å². The zero-order valence-electron chi connectivity index (χ0n) is 14.3. The summed E-state index contributed by atoms with van der Waals surface area (Å²) in [4.78, 5) is 38.5. The van der Waals surface area contributed by atoms with Crippen molar-refractivity contribution in [3.05, 3.63) is 71.8 Å². The molecule has 2 aromatic rings. The summed E-state index contributed by atoms with van der Waals surface area (Å²) >= 11 is 0. The molecule has 0 saturated carbocycles. The molecule has 0 N–H and O–H groups in total. The number of carbonyl (C=O) groups excluding carboxylic acids is 3. The molecule has 134 valence electrons. The van der Waals surface area contributed by atoms with Gasteiger partial charge in [0.25, 0.3) is 5.91 Å². The third-order valence-corrected chi connectivity index (χ3v) is 4.30. The van der Waals surface area contributed by atoms with E-state index < -0.39 is 30.0 Å². The highest BCUT2D eigenvalue weighted by Gasteiger charge is 2.46. The maximum atomic E-state index is 12.7. The lowest BCUT2D eigenvalue weighted by Gasteiger charge is -2.22. The Bertz CT molecular complexity index is 790. The van der Waals surface area contributed by atoms with Gasteiger partial charge in [0, 0.05) is 13.0 Å². The van der Waals surface area contributed by atoms with E-state index in [0.717, 1.165) is 5.56 Å². The van der Waals surface area contributed by atoms with Crippen molar-refractivity contribution in [1.82, 2.24) is 4.90 Å². The van der Waals surface area contributed by atoms with Crippen molar-refractivity contribution in [3.8, 4) is 0 Å². The molecule has 6 heteroatoms. The highest BCUT2D eigenvalue weighted by Crippen LogP contribution is 2.26. The molecule has 0 aromatic heterocycles. The number of ether oxygens (including phenoxy) is 2. The first-order valence-electron chi connectivity index (χ1n) is 8.28. The molecular formula is C20H19NO5. The lowest BCUT2D eigenvalue weighted by Crippen LogP contribution is -2.39. The second-order valence-corrected chi connectivity index (χ2v) is 5.99. The smallest absolute Gasteiger partial charge is 0.338 e. The Morgan fingerprint density at radius 1 is 1.04 bits per heavy atom. The number of nitrogens with zero attached hydrogens (tertiary/aromatic N) is 1. The average molecular weight is 353 g/mol. The summed E-state index contributed by atoms with van der Waals surface area (Å²) in [6.07, 6.45) is -0.924. The van der Waals surface area contributed by atoms with E-state index in [9.17, 15) is 14.4 Å². The van der Waals surface area contributed by atoms with Crippen molar-refractivity contribution in [2.75, 3.05) is 7.11 Å². The predicted molar refractivity (Wildman–Crippen MR) is 93.1 cm³/mol. The van der Waals surface area contributed by atoms with Gasteiger partial charge in [-0.3, -0.25) is 4.79 Å². The lowest BCUT2D eigenvalue weighted by atomic mass is 10.1. The summed E-state index contributed by atoms with van der Waals surface area (Å²) in [7, 11) is 1.27. The highest BCUT2D eigenvalue weighted by molar-refractivity contribution is 5.95. The number of rotatable bonds is 5. The molecule has 0 unspecified atom stereocenters. The summed E-state index contributed by atoms with van der Waals surface area (Å²) in [5.41, 5.74) is 1.24. The van der Waals surface area contributed by atoms with Gasteiger partial charge in [0.05, 0.1) is 12.7 Å². The summed E-state index contributed by atoms with van der Waals surface area (Å²) < 4.78 is 10.2. The van der Waals surface area contributed by atoms with E-state index >= 15 is 0 Å². The second-order valence-electron chi connectivity index (χ2n) is 5.99. The van der Waals surface area contributed by atoms with Gasteiger partial charge < -0.3 is 14.4 Å². The molecule has 0 bridgehead atoms. The van der Waals surface area contributed by atoms with Crippen LogP contribution in [-0.4, -0.2) is 42.0 Å². The maximum Gasteiger partial charge on any atom is 0.338 e. The van der Waals surface area contributed by atoms with Crippen LogP contribution in [0.2, 0.25) is 0 Å². The Kier molecular flexibility index (Phi) is 5.31. The van der Waals surface area contributed by atoms with E-state index in [2.05, 4.69) is 0 Å². The Morgan fingerprint density at radius 3 is 2.27 bits per heavy atom. The van der Waals surface area contributed by atoms with Gasteiger partial charge in [0.2, 0.25) is 0 Å². The minimum Gasteiger partial charge on any atom is -0.467 e. The zero-order valence-corrected chi connectivity index (χ0v) is 14.3. The first kappa shape index (κ1) is 17.7. The Balaban J connectivity index is 1.77. The maximum absolute atomic E-state index is 12.7. The van der Waals surface area contributed by atoms with Crippen LogP contribution in [-0.2, 0) is 25.6 Å². The first-order valence-corrected chi connectivity index (χ1v) is 8.28. The molecule has 1 saturated heterocycles. The van der Waals surface area contributed by atoms with E-state index in [4.69, 9.17) is 9.47 Å². The third kappa shape index (κ3) is 3.74. The van der Waals surface area contributed by atoms with Crippen LogP contribution in [0.15, 0.2) is 60.7 Å². The molecule has 0 radical (unpaired) electrons. The van der Waals surface area contributed by atoms with Crippen molar-refractivity contribution in [2.45, 2.75) is 25.1 Å². The second kappa shape index (κ2) is 7.82. The number of likely N-dealkylation sites (tertiary alicyclic amines) is 1. The van der Waals surface area contributed by atoms with Crippen LogP contribution in [0.3, 0.4) is 0 Å². The summed E-state index contributed by atoms with van der Waals surface area (Å²) in [6.45, 7) is 0.249. The van der Waals surface area contributed by atoms with Crippen LogP contribution in [0.4, 0.5) is 0 Å². The summed E-state index contributed by atoms with van der Waals surface area (Å²) in [6, 6.07) is 17.0. The molecule has 6 nitrogen and oxygen atoms in total. The van der Waals surface area contributed by atoms with E-state index in [0.29, 0.717) is 5.56 Å². The fourth-order valence-corrected chi connectivity index (χ4v) is 2.97. The van der Waals surface area contributed by atoms with Crippen LogP contribution in [0, 0.1) is 0 Å². The standard InChI is InChI=1S/C20H19NO5/c1-25-20(24)16-12-17(26-19(23)15-10-6-3-7-11-15)18(22)21(16)13-14-8-4-2-5-9-14/h2-11,16-17H,12-13H2,1H3/t16-,17-/m0/s1. The van der Waals surface area contributed by atoms with Crippen LogP contribution < -0.4 is 0 Å². The third-order valence-electron chi connectivity index (χ3n) is 4.30. The SMILES string of the molecule is COC(=O)[C@@H]1C[C@H](OC(=O)c2ccccc2)C(=O)N1Cc1ccccc1. The molecule has 3 rings (SSSR count). The number of amides is 1. The molecule has 1 aliphatic rings. The number of carbonyl (C=O) groups is 3. The largest absolute Gasteiger partial charge is 0.467 e. The molecule has 1 heterocycles. The Morgan fingerprint density at radius 2 is 1.65 bits per heavy atom. The molecule has 26 heavy (non-hydrogen) atoms. The fourth-order valence-electron chi connectivity index (χ4n) is 2.97. The molecular weight excluding hydrogens is 334 g/mol. The molecule has 0 spiro atoms. The number of esters is 2. The molecule has 2 atom stereocenters. The minimum absolute atomic E-state index is 0.0803. The topological polar surface area (TPSA) is 72.9 Å². The fraction of sp³-hybridized carbons (Fsp3) is 0.250. The number of methoxy groups -OCH3 is 1. The normalized spacial score (nSPS) is 19.3. The van der Waals surface area contributed by atoms with Crippen molar-refractivity contribution in [3.63, 3.8) is 0 Å². The lowest BCUT2D eigenvalue weighted by molar-refractivity contribution is -0.150. The van der Waals surface area contributed by atoms with E-state index in [1.807, 2.05) is 30.3 Å². The van der Waals surface area contributed by atoms with Crippen LogP contribution >= 0.6 is 0 Å². The average Bonchev–Trinajstić information content (AvgIpc) is 2.98. The van der Waals surface area contributed by atoms with Crippen LogP contribution in [0.5, 0.6) is 0 Å². The van der Waals surface area contributed by atoms with Crippen molar-refractivity contribution >= 4 is 17.8 Å². The zero-order chi connectivity index (χ0) is 18.5. The molecule has 1 amide bonds. The van der Waals surface area contributed by atoms with Gasteiger partial charge >= 0.3 is 11.9 Å². The van der Waals surface area contributed by atoms with Gasteiger partial charge in [-0.15, -0.1) is 0 Å². The number of hydrogen-bond donors (Lipinski definition) is 0. The van der Waals surface area contributed by atoms with Gasteiger partial charge in [-0.2, -0.15) is 0 Å². The quantitative estimate of drug-likeness (QED) is 0.771. The Labute approximate surface area is 151 Å². The van der Waals surface area contributed by atoms with E-state index in [-0.39, 0.29) is 13.0 Å². The van der Waals surface area contributed by atoms with Crippen LogP contribution in [0.25, 0.3) is 0 Å². The van der Waals surface area contributed by atoms with Gasteiger partial charge in [-0.25, -0.2) is 9.59 Å². The highest BCUT2D eigenvalue weighted by atomic mass is 16.6. The monoisotopic (exact) mass is 353 g/mol. The van der Waals surface area contributed by atoms with Crippen molar-refractivity contribution < 1.29 is 23.9 Å². The summed E-state index contributed by atoms with van der Waals surface area (Å²) in [5.74, 6) is -1.50. The first-order chi connectivity index (χ1) is 12.6. The minimum atomic E-state index is -1.00.